The molecule has 0 aromatic carbocycles. The Kier molecular flexibility index (Phi) is 5.30. The normalized spacial score (nSPS) is 14.1. The molecule has 7 heteroatoms. The zero-order valence-electron chi connectivity index (χ0n) is 11.0. The molecule has 2 N–H and O–H groups in total. The number of sulfonamides is 1. The van der Waals surface area contributed by atoms with Gasteiger partial charge in [0.15, 0.2) is 5.03 Å². The van der Waals surface area contributed by atoms with Gasteiger partial charge in [-0.3, -0.25) is 0 Å². The Morgan fingerprint density at radius 1 is 1.50 bits per heavy atom. The molecule has 1 atom stereocenters. The molecule has 6 nitrogen and oxygen atoms in total. The Labute approximate surface area is 108 Å². The van der Waals surface area contributed by atoms with E-state index < -0.39 is 16.1 Å². The summed E-state index contributed by atoms with van der Waals surface area (Å²) in [4.78, 5) is 3.86. The van der Waals surface area contributed by atoms with E-state index in [9.17, 15) is 13.5 Å². The molecule has 0 aliphatic carbocycles. The quantitative estimate of drug-likeness (QED) is 0.774. The van der Waals surface area contributed by atoms with Crippen LogP contribution in [0.1, 0.15) is 39.7 Å². The van der Waals surface area contributed by atoms with Crippen molar-refractivity contribution < 1.29 is 13.5 Å². The van der Waals surface area contributed by atoms with Crippen LogP contribution in [0.2, 0.25) is 0 Å². The highest BCUT2D eigenvalue weighted by molar-refractivity contribution is 7.89. The molecule has 0 amide bonds. The third-order valence-corrected chi connectivity index (χ3v) is 3.89. The van der Waals surface area contributed by atoms with Crippen LogP contribution in [-0.2, 0) is 10.0 Å². The van der Waals surface area contributed by atoms with Gasteiger partial charge in [0.1, 0.15) is 0 Å². The lowest BCUT2D eigenvalue weighted by molar-refractivity contribution is 0.167. The Morgan fingerprint density at radius 2 is 2.17 bits per heavy atom. The average Bonchev–Trinajstić information content (AvgIpc) is 2.77. The first-order chi connectivity index (χ1) is 8.36. The number of hydrogen-bond donors (Lipinski definition) is 2. The second-order valence-corrected chi connectivity index (χ2v) is 6.26. The maximum atomic E-state index is 11.9. The van der Waals surface area contributed by atoms with Crippen LogP contribution >= 0.6 is 0 Å². The zero-order valence-corrected chi connectivity index (χ0v) is 11.8. The summed E-state index contributed by atoms with van der Waals surface area (Å²) < 4.78 is 27.8. The van der Waals surface area contributed by atoms with Crippen LogP contribution in [-0.4, -0.2) is 35.7 Å². The summed E-state index contributed by atoms with van der Waals surface area (Å²) in [5, 5.41) is 9.49. The van der Waals surface area contributed by atoms with Crippen LogP contribution in [0.5, 0.6) is 0 Å². The predicted molar refractivity (Wildman–Crippen MR) is 68.7 cm³/mol. The van der Waals surface area contributed by atoms with Crippen LogP contribution in [0.15, 0.2) is 17.6 Å². The van der Waals surface area contributed by atoms with E-state index in [1.54, 1.807) is 4.57 Å². The standard InChI is InChI=1S/C11H21N3O3S/c1-4-5-10(15)6-13-18(16,17)11-7-14(8-12-11)9(2)3/h7-10,13,15H,4-6H2,1-3H3. The van der Waals surface area contributed by atoms with Gasteiger partial charge < -0.3 is 9.67 Å². The van der Waals surface area contributed by atoms with E-state index in [-0.39, 0.29) is 17.6 Å². The second-order valence-electron chi connectivity index (χ2n) is 4.55. The van der Waals surface area contributed by atoms with Crippen LogP contribution in [0.4, 0.5) is 0 Å². The van der Waals surface area contributed by atoms with Crippen LogP contribution < -0.4 is 4.72 Å². The molecule has 0 fully saturated rings. The third kappa shape index (κ3) is 4.08. The van der Waals surface area contributed by atoms with E-state index in [1.165, 1.54) is 12.5 Å². The van der Waals surface area contributed by atoms with Crippen molar-refractivity contribution in [3.8, 4) is 0 Å². The lowest BCUT2D eigenvalue weighted by Crippen LogP contribution is -2.32. The summed E-state index contributed by atoms with van der Waals surface area (Å²) in [6.45, 7) is 5.83. The molecular formula is C11H21N3O3S. The van der Waals surface area contributed by atoms with Crippen molar-refractivity contribution in [3.63, 3.8) is 0 Å². The van der Waals surface area contributed by atoms with Gasteiger partial charge in [0, 0.05) is 18.8 Å². The Hall–Kier alpha value is -0.920. The summed E-state index contributed by atoms with van der Waals surface area (Å²) in [5.41, 5.74) is 0. The van der Waals surface area contributed by atoms with Crippen molar-refractivity contribution in [2.24, 2.45) is 0 Å². The van der Waals surface area contributed by atoms with Gasteiger partial charge in [-0.2, -0.15) is 0 Å². The topological polar surface area (TPSA) is 84.2 Å². The monoisotopic (exact) mass is 275 g/mol. The van der Waals surface area contributed by atoms with E-state index in [0.717, 1.165) is 6.42 Å². The molecule has 1 unspecified atom stereocenters. The second kappa shape index (κ2) is 6.31. The van der Waals surface area contributed by atoms with Gasteiger partial charge in [-0.15, -0.1) is 0 Å². The van der Waals surface area contributed by atoms with Crippen molar-refractivity contribution in [1.82, 2.24) is 14.3 Å². The molecule has 0 spiro atoms. The fraction of sp³-hybridized carbons (Fsp3) is 0.727. The van der Waals surface area contributed by atoms with E-state index in [4.69, 9.17) is 0 Å². The lowest BCUT2D eigenvalue weighted by Gasteiger charge is -2.10. The summed E-state index contributed by atoms with van der Waals surface area (Å²) in [5.74, 6) is 0. The Morgan fingerprint density at radius 3 is 2.67 bits per heavy atom. The van der Waals surface area contributed by atoms with Crippen molar-refractivity contribution in [2.45, 2.75) is 50.8 Å². The number of nitrogens with zero attached hydrogens (tertiary/aromatic N) is 2. The first kappa shape index (κ1) is 15.1. The molecule has 0 aliphatic rings. The van der Waals surface area contributed by atoms with E-state index in [0.29, 0.717) is 6.42 Å². The minimum Gasteiger partial charge on any atom is -0.392 e. The largest absolute Gasteiger partial charge is 0.392 e. The van der Waals surface area contributed by atoms with E-state index >= 15 is 0 Å². The van der Waals surface area contributed by atoms with Crippen molar-refractivity contribution in [3.05, 3.63) is 12.5 Å². The van der Waals surface area contributed by atoms with Gasteiger partial charge in [-0.05, 0) is 20.3 Å². The van der Waals surface area contributed by atoms with Gasteiger partial charge in [0.2, 0.25) is 0 Å². The van der Waals surface area contributed by atoms with E-state index in [2.05, 4.69) is 9.71 Å². The molecule has 104 valence electrons. The van der Waals surface area contributed by atoms with Gasteiger partial charge in [0.05, 0.1) is 12.4 Å². The van der Waals surface area contributed by atoms with E-state index in [1.807, 2.05) is 20.8 Å². The molecule has 0 saturated carbocycles. The fourth-order valence-electron chi connectivity index (χ4n) is 1.45. The number of imidazole rings is 1. The smallest absolute Gasteiger partial charge is 0.259 e. The Bertz CT molecular complexity index is 468. The summed E-state index contributed by atoms with van der Waals surface area (Å²) in [7, 11) is -3.63. The minimum atomic E-state index is -3.63. The molecular weight excluding hydrogens is 254 g/mol. The lowest BCUT2D eigenvalue weighted by atomic mass is 10.2. The highest BCUT2D eigenvalue weighted by Crippen LogP contribution is 2.10. The van der Waals surface area contributed by atoms with Crippen LogP contribution in [0, 0.1) is 0 Å². The van der Waals surface area contributed by atoms with Crippen molar-refractivity contribution in [2.75, 3.05) is 6.54 Å². The maximum absolute atomic E-state index is 11.9. The van der Waals surface area contributed by atoms with Gasteiger partial charge in [-0.25, -0.2) is 18.1 Å². The number of hydrogen-bond acceptors (Lipinski definition) is 4. The zero-order chi connectivity index (χ0) is 13.8. The maximum Gasteiger partial charge on any atom is 0.259 e. The van der Waals surface area contributed by atoms with Crippen LogP contribution in [0.25, 0.3) is 0 Å². The molecule has 0 radical (unpaired) electrons. The molecule has 1 heterocycles. The first-order valence-electron chi connectivity index (χ1n) is 6.08. The molecule has 1 aromatic heterocycles. The fourth-order valence-corrected chi connectivity index (χ4v) is 2.46. The predicted octanol–water partition coefficient (Wildman–Crippen LogP) is 0.903. The average molecular weight is 275 g/mol. The summed E-state index contributed by atoms with van der Waals surface area (Å²) >= 11 is 0. The highest BCUT2D eigenvalue weighted by atomic mass is 32.2. The van der Waals surface area contributed by atoms with Crippen molar-refractivity contribution in [1.29, 1.82) is 0 Å². The van der Waals surface area contributed by atoms with Crippen molar-refractivity contribution >= 4 is 10.0 Å². The number of nitrogens with one attached hydrogen (secondary N) is 1. The van der Waals surface area contributed by atoms with Gasteiger partial charge in [-0.1, -0.05) is 13.3 Å². The summed E-state index contributed by atoms with van der Waals surface area (Å²) in [6.07, 6.45) is 3.70. The highest BCUT2D eigenvalue weighted by Gasteiger charge is 2.18. The molecule has 0 aliphatic heterocycles. The molecule has 0 bridgehead atoms. The first-order valence-corrected chi connectivity index (χ1v) is 7.56. The summed E-state index contributed by atoms with van der Waals surface area (Å²) in [6, 6.07) is 0.159. The molecule has 18 heavy (non-hydrogen) atoms. The van der Waals surface area contributed by atoms with Crippen LogP contribution in [0.3, 0.4) is 0 Å². The van der Waals surface area contributed by atoms with Gasteiger partial charge in [0.25, 0.3) is 10.0 Å². The molecule has 1 aromatic rings. The SMILES string of the molecule is CCCC(O)CNS(=O)(=O)c1cn(C(C)C)cn1. The molecule has 1 rings (SSSR count). The Balaban J connectivity index is 2.68. The number of aliphatic hydroxyl groups excluding tert-OH is 1. The number of aromatic nitrogens is 2. The molecule has 0 saturated heterocycles. The number of aliphatic hydroxyl groups is 1. The third-order valence-electron chi connectivity index (χ3n) is 2.58. The minimum absolute atomic E-state index is 0.0140. The van der Waals surface area contributed by atoms with Gasteiger partial charge >= 0.3 is 0 Å². The number of rotatable bonds is 7.